The molecular formula is C16H14N2O5. The standard InChI is InChI=1S/C16H14N2O5/c1-10(23-16(22)11-5-7-17-8-6-11)14(19)18-13-4-2-3-12(9-13)15(20)21/h2-10H,1H3,(H,18,19)(H,20,21). The van der Waals surface area contributed by atoms with Crippen molar-refractivity contribution in [2.45, 2.75) is 13.0 Å². The van der Waals surface area contributed by atoms with E-state index in [-0.39, 0.29) is 11.1 Å². The van der Waals surface area contributed by atoms with Crippen molar-refractivity contribution in [3.8, 4) is 0 Å². The lowest BCUT2D eigenvalue weighted by atomic mass is 10.2. The first-order valence-electron chi connectivity index (χ1n) is 6.72. The maximum absolute atomic E-state index is 12.0. The van der Waals surface area contributed by atoms with E-state index in [0.29, 0.717) is 5.69 Å². The second-order valence-electron chi connectivity index (χ2n) is 4.66. The summed E-state index contributed by atoms with van der Waals surface area (Å²) in [6, 6.07) is 8.73. The lowest BCUT2D eigenvalue weighted by molar-refractivity contribution is -0.123. The van der Waals surface area contributed by atoms with Gasteiger partial charge in [0.05, 0.1) is 11.1 Å². The van der Waals surface area contributed by atoms with Crippen LogP contribution in [0.2, 0.25) is 0 Å². The van der Waals surface area contributed by atoms with Gasteiger partial charge in [0.2, 0.25) is 0 Å². The molecule has 0 aliphatic heterocycles. The fourth-order valence-corrected chi connectivity index (χ4v) is 1.74. The van der Waals surface area contributed by atoms with Crippen LogP contribution in [0.4, 0.5) is 5.69 Å². The molecule has 0 saturated carbocycles. The number of ether oxygens (including phenoxy) is 1. The number of rotatable bonds is 5. The first-order valence-corrected chi connectivity index (χ1v) is 6.72. The van der Waals surface area contributed by atoms with Crippen LogP contribution in [0.3, 0.4) is 0 Å². The van der Waals surface area contributed by atoms with Crippen LogP contribution in [0, 0.1) is 0 Å². The van der Waals surface area contributed by atoms with E-state index in [1.54, 1.807) is 6.07 Å². The highest BCUT2D eigenvalue weighted by atomic mass is 16.5. The van der Waals surface area contributed by atoms with Crippen LogP contribution in [0.1, 0.15) is 27.6 Å². The van der Waals surface area contributed by atoms with Gasteiger partial charge in [0.15, 0.2) is 6.10 Å². The molecule has 7 heteroatoms. The second-order valence-corrected chi connectivity index (χ2v) is 4.66. The Morgan fingerprint density at radius 1 is 1.13 bits per heavy atom. The summed E-state index contributed by atoms with van der Waals surface area (Å²) >= 11 is 0. The number of aromatic nitrogens is 1. The zero-order chi connectivity index (χ0) is 16.8. The molecule has 23 heavy (non-hydrogen) atoms. The van der Waals surface area contributed by atoms with Gasteiger partial charge in [-0.3, -0.25) is 9.78 Å². The molecule has 1 amide bonds. The van der Waals surface area contributed by atoms with Crippen molar-refractivity contribution < 1.29 is 24.2 Å². The van der Waals surface area contributed by atoms with Crippen LogP contribution in [0.25, 0.3) is 0 Å². The van der Waals surface area contributed by atoms with Gasteiger partial charge in [0.25, 0.3) is 5.91 Å². The zero-order valence-corrected chi connectivity index (χ0v) is 12.2. The van der Waals surface area contributed by atoms with Gasteiger partial charge in [-0.05, 0) is 37.3 Å². The van der Waals surface area contributed by atoms with E-state index in [0.717, 1.165) is 0 Å². The molecule has 0 aliphatic carbocycles. The van der Waals surface area contributed by atoms with Crippen molar-refractivity contribution in [2.75, 3.05) is 5.32 Å². The van der Waals surface area contributed by atoms with Crippen molar-refractivity contribution >= 4 is 23.5 Å². The number of carbonyl (C=O) groups excluding carboxylic acids is 2. The van der Waals surface area contributed by atoms with Crippen molar-refractivity contribution in [3.05, 3.63) is 59.9 Å². The molecule has 1 aromatic carbocycles. The normalized spacial score (nSPS) is 11.3. The first-order chi connectivity index (χ1) is 11.0. The van der Waals surface area contributed by atoms with E-state index in [1.165, 1.54) is 49.6 Å². The average molecular weight is 314 g/mol. The molecule has 0 bridgehead atoms. The maximum Gasteiger partial charge on any atom is 0.339 e. The van der Waals surface area contributed by atoms with Gasteiger partial charge in [-0.15, -0.1) is 0 Å². The SMILES string of the molecule is CC(OC(=O)c1ccncc1)C(=O)Nc1cccc(C(=O)O)c1. The molecule has 1 atom stereocenters. The number of hydrogen-bond donors (Lipinski definition) is 2. The number of carboxylic acid groups (broad SMARTS) is 1. The van der Waals surface area contributed by atoms with Gasteiger partial charge < -0.3 is 15.2 Å². The van der Waals surface area contributed by atoms with Crippen LogP contribution < -0.4 is 5.32 Å². The third-order valence-corrected chi connectivity index (χ3v) is 2.95. The van der Waals surface area contributed by atoms with E-state index in [9.17, 15) is 14.4 Å². The molecule has 2 N–H and O–H groups in total. The Bertz CT molecular complexity index is 730. The molecule has 0 saturated heterocycles. The van der Waals surface area contributed by atoms with Gasteiger partial charge in [-0.1, -0.05) is 6.07 Å². The minimum atomic E-state index is -1.10. The van der Waals surface area contributed by atoms with E-state index in [4.69, 9.17) is 9.84 Å². The Balaban J connectivity index is 1.99. The summed E-state index contributed by atoms with van der Waals surface area (Å²) in [7, 11) is 0. The highest BCUT2D eigenvalue weighted by Crippen LogP contribution is 2.12. The number of benzene rings is 1. The number of aromatic carboxylic acids is 1. The summed E-state index contributed by atoms with van der Waals surface area (Å²) in [5.74, 6) is -2.30. The minimum absolute atomic E-state index is 0.0456. The molecule has 1 aromatic heterocycles. The summed E-state index contributed by atoms with van der Waals surface area (Å²) in [6.07, 6.45) is 1.85. The predicted molar refractivity (Wildman–Crippen MR) is 81.1 cm³/mol. The van der Waals surface area contributed by atoms with Crippen LogP contribution in [-0.2, 0) is 9.53 Å². The van der Waals surface area contributed by atoms with Gasteiger partial charge in [-0.2, -0.15) is 0 Å². The molecule has 1 unspecified atom stereocenters. The Kier molecular flexibility index (Phi) is 5.03. The highest BCUT2D eigenvalue weighted by molar-refractivity contribution is 5.98. The number of carboxylic acids is 1. The number of pyridine rings is 1. The monoisotopic (exact) mass is 314 g/mol. The van der Waals surface area contributed by atoms with Gasteiger partial charge in [0, 0.05) is 18.1 Å². The highest BCUT2D eigenvalue weighted by Gasteiger charge is 2.19. The maximum atomic E-state index is 12.0. The lowest BCUT2D eigenvalue weighted by Gasteiger charge is -2.13. The number of hydrogen-bond acceptors (Lipinski definition) is 5. The summed E-state index contributed by atoms with van der Waals surface area (Å²) < 4.78 is 5.05. The fourth-order valence-electron chi connectivity index (χ4n) is 1.74. The molecule has 0 fully saturated rings. The van der Waals surface area contributed by atoms with E-state index >= 15 is 0 Å². The topological polar surface area (TPSA) is 106 Å². The fraction of sp³-hybridized carbons (Fsp3) is 0.125. The first kappa shape index (κ1) is 16.2. The number of esters is 1. The zero-order valence-electron chi connectivity index (χ0n) is 12.2. The van der Waals surface area contributed by atoms with Gasteiger partial charge in [0.1, 0.15) is 0 Å². The van der Waals surface area contributed by atoms with Gasteiger partial charge >= 0.3 is 11.9 Å². The number of nitrogens with one attached hydrogen (secondary N) is 1. The molecule has 7 nitrogen and oxygen atoms in total. The number of nitrogens with zero attached hydrogens (tertiary/aromatic N) is 1. The molecule has 1 heterocycles. The summed E-state index contributed by atoms with van der Waals surface area (Å²) in [5.41, 5.74) is 0.637. The van der Waals surface area contributed by atoms with Crippen LogP contribution in [0.5, 0.6) is 0 Å². The smallest absolute Gasteiger partial charge is 0.339 e. The predicted octanol–water partition coefficient (Wildman–Crippen LogP) is 1.96. The van der Waals surface area contributed by atoms with Crippen molar-refractivity contribution in [3.63, 3.8) is 0 Å². The summed E-state index contributed by atoms with van der Waals surface area (Å²) in [6.45, 7) is 1.43. The summed E-state index contributed by atoms with van der Waals surface area (Å²) in [4.78, 5) is 38.5. The average Bonchev–Trinajstić information content (AvgIpc) is 2.55. The largest absolute Gasteiger partial charge is 0.478 e. The number of anilines is 1. The Labute approximate surface area is 131 Å². The Hall–Kier alpha value is -3.22. The molecule has 0 spiro atoms. The number of amides is 1. The molecule has 0 radical (unpaired) electrons. The Morgan fingerprint density at radius 2 is 1.83 bits per heavy atom. The van der Waals surface area contributed by atoms with Crippen molar-refractivity contribution in [2.24, 2.45) is 0 Å². The van der Waals surface area contributed by atoms with E-state index in [2.05, 4.69) is 10.3 Å². The minimum Gasteiger partial charge on any atom is -0.478 e. The van der Waals surface area contributed by atoms with Crippen molar-refractivity contribution in [1.82, 2.24) is 4.98 Å². The third-order valence-electron chi connectivity index (χ3n) is 2.95. The van der Waals surface area contributed by atoms with Crippen LogP contribution >= 0.6 is 0 Å². The van der Waals surface area contributed by atoms with Crippen LogP contribution in [-0.4, -0.2) is 34.0 Å². The summed E-state index contributed by atoms with van der Waals surface area (Å²) in [5, 5.41) is 11.4. The Morgan fingerprint density at radius 3 is 2.48 bits per heavy atom. The molecule has 118 valence electrons. The van der Waals surface area contributed by atoms with Crippen molar-refractivity contribution in [1.29, 1.82) is 0 Å². The molecule has 2 aromatic rings. The molecule has 2 rings (SSSR count). The van der Waals surface area contributed by atoms with Crippen LogP contribution in [0.15, 0.2) is 48.8 Å². The number of carbonyl (C=O) groups is 3. The quantitative estimate of drug-likeness (QED) is 0.817. The molecule has 0 aliphatic rings. The second kappa shape index (κ2) is 7.17. The van der Waals surface area contributed by atoms with Gasteiger partial charge in [-0.25, -0.2) is 9.59 Å². The van der Waals surface area contributed by atoms with E-state index < -0.39 is 23.9 Å². The lowest BCUT2D eigenvalue weighted by Crippen LogP contribution is -2.30. The third kappa shape index (κ3) is 4.37. The molecular weight excluding hydrogens is 300 g/mol. The van der Waals surface area contributed by atoms with E-state index in [1.807, 2.05) is 0 Å².